The molecule has 0 radical (unpaired) electrons. The van der Waals surface area contributed by atoms with Crippen LogP contribution in [0.5, 0.6) is 0 Å². The van der Waals surface area contributed by atoms with Crippen LogP contribution in [-0.2, 0) is 0 Å². The van der Waals surface area contributed by atoms with Gasteiger partial charge in [0.05, 0.1) is 26.1 Å². The lowest BCUT2D eigenvalue weighted by atomic mass is 10.1. The van der Waals surface area contributed by atoms with Crippen LogP contribution in [0.2, 0.25) is 5.02 Å². The van der Waals surface area contributed by atoms with Crippen molar-refractivity contribution in [1.82, 2.24) is 14.9 Å². The van der Waals surface area contributed by atoms with Crippen molar-refractivity contribution >= 4 is 40.3 Å². The SMILES string of the molecule is O=C(Nn1cnnc1)c1cc([N+](=O)[O-])c(Nc2ccccc2Cl)c([N+](=O)[O-])c1. The van der Waals surface area contributed by atoms with Gasteiger partial charge in [0.1, 0.15) is 12.7 Å². The van der Waals surface area contributed by atoms with Gasteiger partial charge in [-0.1, -0.05) is 23.7 Å². The molecule has 2 aromatic carbocycles. The van der Waals surface area contributed by atoms with Gasteiger partial charge >= 0.3 is 11.4 Å². The number of hydrogen-bond donors (Lipinski definition) is 2. The van der Waals surface area contributed by atoms with Crippen molar-refractivity contribution in [3.63, 3.8) is 0 Å². The van der Waals surface area contributed by atoms with Crippen LogP contribution in [-0.4, -0.2) is 30.6 Å². The Kier molecular flexibility index (Phi) is 5.13. The predicted octanol–water partition coefficient (Wildman–Crippen LogP) is 2.88. The van der Waals surface area contributed by atoms with Crippen LogP contribution >= 0.6 is 11.6 Å². The van der Waals surface area contributed by atoms with Crippen molar-refractivity contribution in [2.75, 3.05) is 10.7 Å². The number of amides is 1. The van der Waals surface area contributed by atoms with Gasteiger partial charge in [0.2, 0.25) is 0 Å². The van der Waals surface area contributed by atoms with Gasteiger partial charge < -0.3 is 5.32 Å². The number of carbonyl (C=O) groups excluding carboxylic acids is 1. The summed E-state index contributed by atoms with van der Waals surface area (Å²) in [6.45, 7) is 0. The summed E-state index contributed by atoms with van der Waals surface area (Å²) in [7, 11) is 0. The Bertz CT molecular complexity index is 1040. The first-order valence-corrected chi connectivity index (χ1v) is 7.89. The Morgan fingerprint density at radius 1 is 1.04 bits per heavy atom. The lowest BCUT2D eigenvalue weighted by Crippen LogP contribution is -2.22. The van der Waals surface area contributed by atoms with Gasteiger partial charge in [0.25, 0.3) is 5.91 Å². The van der Waals surface area contributed by atoms with Gasteiger partial charge in [0, 0.05) is 12.1 Å². The summed E-state index contributed by atoms with van der Waals surface area (Å²) in [5.74, 6) is -0.824. The van der Waals surface area contributed by atoms with E-state index in [0.29, 0.717) is 0 Å². The van der Waals surface area contributed by atoms with E-state index < -0.39 is 32.8 Å². The van der Waals surface area contributed by atoms with E-state index in [1.54, 1.807) is 12.1 Å². The lowest BCUT2D eigenvalue weighted by Gasteiger charge is -2.11. The third-order valence-electron chi connectivity index (χ3n) is 3.54. The molecule has 0 saturated heterocycles. The smallest absolute Gasteiger partial charge is 0.300 e. The second-order valence-electron chi connectivity index (χ2n) is 5.32. The van der Waals surface area contributed by atoms with E-state index in [0.717, 1.165) is 16.8 Å². The number of rotatable bonds is 6. The second-order valence-corrected chi connectivity index (χ2v) is 5.73. The molecule has 0 unspecified atom stereocenters. The molecule has 0 spiro atoms. The zero-order chi connectivity index (χ0) is 20.3. The maximum Gasteiger partial charge on any atom is 0.300 e. The van der Waals surface area contributed by atoms with Crippen molar-refractivity contribution in [2.45, 2.75) is 0 Å². The molecule has 1 amide bonds. The van der Waals surface area contributed by atoms with Gasteiger partial charge in [-0.15, -0.1) is 10.2 Å². The van der Waals surface area contributed by atoms with Crippen molar-refractivity contribution in [3.8, 4) is 0 Å². The number of halogens is 1. The molecular weight excluding hydrogens is 394 g/mol. The van der Waals surface area contributed by atoms with Crippen molar-refractivity contribution in [3.05, 3.63) is 79.9 Å². The van der Waals surface area contributed by atoms with Crippen LogP contribution in [0.25, 0.3) is 0 Å². The molecule has 12 nitrogen and oxygen atoms in total. The van der Waals surface area contributed by atoms with Gasteiger partial charge in [0.15, 0.2) is 5.69 Å². The Morgan fingerprint density at radius 3 is 2.14 bits per heavy atom. The number of benzene rings is 2. The van der Waals surface area contributed by atoms with Crippen molar-refractivity contribution in [2.24, 2.45) is 0 Å². The molecule has 3 rings (SSSR count). The Morgan fingerprint density at radius 2 is 1.61 bits per heavy atom. The number of nitrogens with zero attached hydrogens (tertiary/aromatic N) is 5. The quantitative estimate of drug-likeness (QED) is 0.469. The summed E-state index contributed by atoms with van der Waals surface area (Å²) in [6, 6.07) is 8.10. The van der Waals surface area contributed by atoms with Crippen LogP contribution in [0.1, 0.15) is 10.4 Å². The lowest BCUT2D eigenvalue weighted by molar-refractivity contribution is -0.392. The van der Waals surface area contributed by atoms with E-state index in [9.17, 15) is 25.0 Å². The second kappa shape index (κ2) is 7.67. The molecule has 3 aromatic rings. The Hall–Kier alpha value is -4.06. The molecule has 0 atom stereocenters. The number of hydrogen-bond acceptors (Lipinski definition) is 8. The highest BCUT2D eigenvalue weighted by Gasteiger charge is 2.29. The fourth-order valence-corrected chi connectivity index (χ4v) is 2.48. The minimum Gasteiger partial charge on any atom is -0.343 e. The summed E-state index contributed by atoms with van der Waals surface area (Å²) < 4.78 is 1.09. The normalized spacial score (nSPS) is 10.3. The van der Waals surface area contributed by atoms with Gasteiger partial charge in [-0.05, 0) is 12.1 Å². The fourth-order valence-electron chi connectivity index (χ4n) is 2.30. The monoisotopic (exact) mass is 403 g/mol. The van der Waals surface area contributed by atoms with E-state index in [1.807, 2.05) is 0 Å². The first kappa shape index (κ1) is 18.7. The molecule has 2 N–H and O–H groups in total. The maximum absolute atomic E-state index is 12.3. The molecule has 1 aromatic heterocycles. The summed E-state index contributed by atoms with van der Waals surface area (Å²) in [5, 5.41) is 32.8. The highest BCUT2D eigenvalue weighted by molar-refractivity contribution is 6.33. The predicted molar refractivity (Wildman–Crippen MR) is 98.2 cm³/mol. The topological polar surface area (TPSA) is 158 Å². The number of nitro groups is 2. The zero-order valence-electron chi connectivity index (χ0n) is 13.8. The molecule has 0 aliphatic heterocycles. The van der Waals surface area contributed by atoms with Crippen LogP contribution in [0.4, 0.5) is 22.7 Å². The minimum absolute atomic E-state index is 0.209. The van der Waals surface area contributed by atoms with E-state index in [1.165, 1.54) is 24.8 Å². The van der Waals surface area contributed by atoms with Crippen LogP contribution in [0.3, 0.4) is 0 Å². The van der Waals surface area contributed by atoms with Gasteiger partial charge in [-0.3, -0.25) is 30.4 Å². The van der Waals surface area contributed by atoms with E-state index in [-0.39, 0.29) is 16.3 Å². The van der Waals surface area contributed by atoms with Crippen molar-refractivity contribution < 1.29 is 14.6 Å². The summed E-state index contributed by atoms with van der Waals surface area (Å²) in [6.07, 6.45) is 2.35. The number of aromatic nitrogens is 3. The highest BCUT2D eigenvalue weighted by atomic mass is 35.5. The zero-order valence-corrected chi connectivity index (χ0v) is 14.5. The molecule has 142 valence electrons. The van der Waals surface area contributed by atoms with Crippen LogP contribution in [0.15, 0.2) is 49.1 Å². The molecular formula is C15H10ClN7O5. The molecule has 0 fully saturated rings. The highest BCUT2D eigenvalue weighted by Crippen LogP contribution is 2.39. The standard InChI is InChI=1S/C15H10ClN7O5/c16-10-3-1-2-4-11(10)19-14-12(22(25)26)5-9(6-13(14)23(27)28)15(24)20-21-7-17-18-8-21/h1-8,19H,(H,20,24). The van der Waals surface area contributed by atoms with E-state index >= 15 is 0 Å². The van der Waals surface area contributed by atoms with Gasteiger partial charge in [-0.2, -0.15) is 0 Å². The largest absolute Gasteiger partial charge is 0.343 e. The third-order valence-corrected chi connectivity index (χ3v) is 3.86. The molecule has 28 heavy (non-hydrogen) atoms. The summed E-state index contributed by atoms with van der Waals surface area (Å²) in [4.78, 5) is 33.7. The summed E-state index contributed by atoms with van der Waals surface area (Å²) in [5.41, 5.74) is 0.527. The molecule has 1 heterocycles. The molecule has 0 saturated carbocycles. The Labute approximate surface area is 161 Å². The maximum atomic E-state index is 12.3. The average Bonchev–Trinajstić information content (AvgIpc) is 3.16. The van der Waals surface area contributed by atoms with Gasteiger partial charge in [-0.25, -0.2) is 4.68 Å². The fraction of sp³-hybridized carbons (Fsp3) is 0. The van der Waals surface area contributed by atoms with Crippen LogP contribution in [0, 0.1) is 20.2 Å². The first-order valence-electron chi connectivity index (χ1n) is 7.51. The van der Waals surface area contributed by atoms with Crippen LogP contribution < -0.4 is 10.7 Å². The third kappa shape index (κ3) is 3.86. The van der Waals surface area contributed by atoms with E-state index in [4.69, 9.17) is 11.6 Å². The van der Waals surface area contributed by atoms with E-state index in [2.05, 4.69) is 20.9 Å². The molecule has 0 aliphatic rings. The Balaban J connectivity index is 2.08. The number of anilines is 2. The first-order chi connectivity index (χ1) is 13.4. The molecule has 0 bridgehead atoms. The minimum atomic E-state index is -0.832. The molecule has 0 aliphatic carbocycles. The van der Waals surface area contributed by atoms with Crippen molar-refractivity contribution in [1.29, 1.82) is 0 Å². The average molecular weight is 404 g/mol. The molecule has 13 heteroatoms. The number of nitro benzene ring substituents is 2. The number of para-hydroxylation sites is 1. The summed E-state index contributed by atoms with van der Waals surface area (Å²) >= 11 is 6.02. The number of carbonyl (C=O) groups is 1. The number of nitrogens with one attached hydrogen (secondary N) is 2.